The number of hydrogen-bond donors (Lipinski definition) is 2. The van der Waals surface area contributed by atoms with Crippen molar-refractivity contribution in [3.63, 3.8) is 0 Å². The summed E-state index contributed by atoms with van der Waals surface area (Å²) in [5.74, 6) is 1.25. The molecule has 0 amide bonds. The maximum Gasteiger partial charge on any atom is 0.130 e. The van der Waals surface area contributed by atoms with Gasteiger partial charge in [0.25, 0.3) is 0 Å². The van der Waals surface area contributed by atoms with Crippen LogP contribution in [0, 0.1) is 6.92 Å². The second kappa shape index (κ2) is 7.47. The van der Waals surface area contributed by atoms with Crippen LogP contribution in [0.3, 0.4) is 0 Å². The number of benzene rings is 2. The average Bonchev–Trinajstić information content (AvgIpc) is 2.63. The minimum Gasteiger partial charge on any atom is -0.383 e. The molecule has 0 saturated heterocycles. The number of nitrogen functional groups attached to an aromatic ring is 1. The van der Waals surface area contributed by atoms with Crippen LogP contribution in [0.15, 0.2) is 42.6 Å². The van der Waals surface area contributed by atoms with Gasteiger partial charge in [0.05, 0.1) is 0 Å². The monoisotopic (exact) mass is 398 g/mol. The van der Waals surface area contributed by atoms with E-state index in [-0.39, 0.29) is 6.04 Å². The van der Waals surface area contributed by atoms with E-state index < -0.39 is 0 Å². The zero-order chi connectivity index (χ0) is 19.0. The molecule has 6 heteroatoms. The minimum atomic E-state index is 0.194. The summed E-state index contributed by atoms with van der Waals surface area (Å²) in [6.07, 6.45) is 3.57. The highest BCUT2D eigenvalue weighted by Gasteiger charge is 2.21. The normalized spacial score (nSPS) is 16.2. The molecular formula is C21H20Cl2N4. The maximum atomic E-state index is 6.16. The van der Waals surface area contributed by atoms with Crippen molar-refractivity contribution in [2.24, 2.45) is 0 Å². The molecule has 138 valence electrons. The number of halogens is 2. The Morgan fingerprint density at radius 1 is 1.11 bits per heavy atom. The second-order valence-electron chi connectivity index (χ2n) is 6.86. The van der Waals surface area contributed by atoms with Crippen LogP contribution in [-0.2, 0) is 12.8 Å². The van der Waals surface area contributed by atoms with Gasteiger partial charge in [0.15, 0.2) is 0 Å². The molecule has 0 saturated carbocycles. The number of fused-ring (bicyclic) bond motifs is 1. The summed E-state index contributed by atoms with van der Waals surface area (Å²) in [5, 5.41) is 4.88. The Balaban J connectivity index is 1.65. The molecule has 1 atom stereocenters. The highest BCUT2D eigenvalue weighted by Crippen LogP contribution is 2.33. The molecule has 27 heavy (non-hydrogen) atoms. The van der Waals surface area contributed by atoms with Gasteiger partial charge in [-0.3, -0.25) is 0 Å². The van der Waals surface area contributed by atoms with Crippen molar-refractivity contribution < 1.29 is 0 Å². The van der Waals surface area contributed by atoms with Crippen molar-refractivity contribution in [1.82, 2.24) is 15.3 Å². The predicted molar refractivity (Wildman–Crippen MR) is 111 cm³/mol. The Morgan fingerprint density at radius 2 is 1.89 bits per heavy atom. The van der Waals surface area contributed by atoms with E-state index >= 15 is 0 Å². The highest BCUT2D eigenvalue weighted by molar-refractivity contribution is 6.35. The van der Waals surface area contributed by atoms with E-state index in [0.29, 0.717) is 21.7 Å². The van der Waals surface area contributed by atoms with Gasteiger partial charge in [-0.15, -0.1) is 0 Å². The highest BCUT2D eigenvalue weighted by atomic mass is 35.5. The van der Waals surface area contributed by atoms with Crippen LogP contribution in [0.25, 0.3) is 11.1 Å². The Kier molecular flexibility index (Phi) is 5.04. The first-order chi connectivity index (χ1) is 13.0. The SMILES string of the molecule is Cc1ncc(CC2NCCc3cc(-c4cc(Cl)cc(Cl)c4)ccc32)c(N)n1. The van der Waals surface area contributed by atoms with Crippen LogP contribution in [0.4, 0.5) is 5.82 Å². The molecule has 1 aromatic heterocycles. The lowest BCUT2D eigenvalue weighted by molar-refractivity contribution is 0.502. The lowest BCUT2D eigenvalue weighted by Crippen LogP contribution is -2.31. The van der Waals surface area contributed by atoms with Gasteiger partial charge in [-0.05, 0) is 66.8 Å². The predicted octanol–water partition coefficient (Wildman–Crippen LogP) is 4.77. The largest absolute Gasteiger partial charge is 0.383 e. The molecule has 0 aliphatic carbocycles. The van der Waals surface area contributed by atoms with E-state index in [4.69, 9.17) is 28.9 Å². The van der Waals surface area contributed by atoms with E-state index in [9.17, 15) is 0 Å². The smallest absolute Gasteiger partial charge is 0.130 e. The number of nitrogens with two attached hydrogens (primary N) is 1. The van der Waals surface area contributed by atoms with Crippen molar-refractivity contribution in [3.8, 4) is 11.1 Å². The van der Waals surface area contributed by atoms with Gasteiger partial charge >= 0.3 is 0 Å². The number of nitrogens with one attached hydrogen (secondary N) is 1. The topological polar surface area (TPSA) is 63.8 Å². The van der Waals surface area contributed by atoms with Crippen LogP contribution < -0.4 is 11.1 Å². The van der Waals surface area contributed by atoms with E-state index in [1.165, 1.54) is 11.1 Å². The Morgan fingerprint density at radius 3 is 2.63 bits per heavy atom. The van der Waals surface area contributed by atoms with Crippen LogP contribution in [0.5, 0.6) is 0 Å². The quantitative estimate of drug-likeness (QED) is 0.666. The Labute approximate surface area is 168 Å². The summed E-state index contributed by atoms with van der Waals surface area (Å²) in [6, 6.07) is 12.4. The van der Waals surface area contributed by atoms with Gasteiger partial charge in [0.2, 0.25) is 0 Å². The fourth-order valence-corrected chi connectivity index (χ4v) is 4.15. The van der Waals surface area contributed by atoms with Gasteiger partial charge in [-0.2, -0.15) is 0 Å². The fraction of sp³-hybridized carbons (Fsp3) is 0.238. The third kappa shape index (κ3) is 3.93. The number of aromatic nitrogens is 2. The number of hydrogen-bond acceptors (Lipinski definition) is 4. The van der Waals surface area contributed by atoms with Gasteiger partial charge in [0, 0.05) is 27.8 Å². The number of anilines is 1. The third-order valence-electron chi connectivity index (χ3n) is 4.94. The molecule has 4 nitrogen and oxygen atoms in total. The zero-order valence-corrected chi connectivity index (χ0v) is 16.5. The van der Waals surface area contributed by atoms with Crippen LogP contribution in [0.2, 0.25) is 10.0 Å². The third-order valence-corrected chi connectivity index (χ3v) is 5.38. The first-order valence-electron chi connectivity index (χ1n) is 8.90. The second-order valence-corrected chi connectivity index (χ2v) is 7.73. The molecule has 0 bridgehead atoms. The fourth-order valence-electron chi connectivity index (χ4n) is 3.63. The number of aryl methyl sites for hydroxylation is 1. The van der Waals surface area contributed by atoms with Gasteiger partial charge in [-0.1, -0.05) is 41.4 Å². The van der Waals surface area contributed by atoms with E-state index in [0.717, 1.165) is 36.1 Å². The molecule has 0 radical (unpaired) electrons. The molecular weight excluding hydrogens is 379 g/mol. The summed E-state index contributed by atoms with van der Waals surface area (Å²) in [6.45, 7) is 2.77. The van der Waals surface area contributed by atoms with Gasteiger partial charge in [0.1, 0.15) is 11.6 Å². The van der Waals surface area contributed by atoms with Crippen molar-refractivity contribution in [3.05, 3.63) is 75.2 Å². The molecule has 1 aliphatic heterocycles. The summed E-state index contributed by atoms with van der Waals surface area (Å²) in [7, 11) is 0. The van der Waals surface area contributed by atoms with Crippen LogP contribution in [0.1, 0.15) is 28.6 Å². The number of nitrogens with zero attached hydrogens (tertiary/aromatic N) is 2. The Bertz CT molecular complexity index is 983. The molecule has 0 fully saturated rings. The van der Waals surface area contributed by atoms with E-state index in [2.05, 4.69) is 33.5 Å². The zero-order valence-electron chi connectivity index (χ0n) is 15.0. The molecule has 1 unspecified atom stereocenters. The number of rotatable bonds is 3. The van der Waals surface area contributed by atoms with Crippen molar-refractivity contribution >= 4 is 29.0 Å². The van der Waals surface area contributed by atoms with E-state index in [1.54, 1.807) is 6.07 Å². The summed E-state index contributed by atoms with van der Waals surface area (Å²) in [5.41, 5.74) is 11.8. The summed E-state index contributed by atoms with van der Waals surface area (Å²) in [4.78, 5) is 8.57. The molecule has 3 N–H and O–H groups in total. The standard InChI is InChI=1S/C21H20Cl2N4/c1-12-26-11-16(21(24)27-12)9-20-19-3-2-13(6-14(19)4-5-25-20)15-7-17(22)10-18(23)8-15/h2-3,6-8,10-11,20,25H,4-5,9H2,1H3,(H2,24,26,27). The van der Waals surface area contributed by atoms with Crippen LogP contribution in [-0.4, -0.2) is 16.5 Å². The van der Waals surface area contributed by atoms with Crippen molar-refractivity contribution in [2.75, 3.05) is 12.3 Å². The summed E-state index contributed by atoms with van der Waals surface area (Å²) < 4.78 is 0. The van der Waals surface area contributed by atoms with Crippen LogP contribution >= 0.6 is 23.2 Å². The van der Waals surface area contributed by atoms with Crippen molar-refractivity contribution in [1.29, 1.82) is 0 Å². The van der Waals surface area contributed by atoms with E-state index in [1.807, 2.05) is 25.3 Å². The molecule has 0 spiro atoms. The summed E-state index contributed by atoms with van der Waals surface area (Å²) >= 11 is 12.3. The van der Waals surface area contributed by atoms with Crippen molar-refractivity contribution in [2.45, 2.75) is 25.8 Å². The first kappa shape index (κ1) is 18.2. The molecule has 1 aliphatic rings. The minimum absolute atomic E-state index is 0.194. The lowest BCUT2D eigenvalue weighted by Gasteiger charge is -2.28. The Hall–Kier alpha value is -2.14. The van der Waals surface area contributed by atoms with Gasteiger partial charge in [-0.25, -0.2) is 9.97 Å². The maximum absolute atomic E-state index is 6.16. The van der Waals surface area contributed by atoms with Gasteiger partial charge < -0.3 is 11.1 Å². The first-order valence-corrected chi connectivity index (χ1v) is 9.66. The molecule has 2 heterocycles. The lowest BCUT2D eigenvalue weighted by atomic mass is 9.88. The average molecular weight is 399 g/mol. The molecule has 3 aromatic rings. The molecule has 2 aromatic carbocycles. The molecule has 4 rings (SSSR count).